The minimum Gasteiger partial charge on any atom is -0.367 e. The van der Waals surface area contributed by atoms with Gasteiger partial charge in [0.25, 0.3) is 5.91 Å². The maximum absolute atomic E-state index is 12.3. The van der Waals surface area contributed by atoms with Gasteiger partial charge in [0.1, 0.15) is 5.56 Å². The predicted molar refractivity (Wildman–Crippen MR) is 74.3 cm³/mol. The Hall–Kier alpha value is -1.62. The molecule has 0 unspecified atom stereocenters. The van der Waals surface area contributed by atoms with E-state index in [1.54, 1.807) is 11.9 Å². The number of aromatic amines is 1. The van der Waals surface area contributed by atoms with Crippen molar-refractivity contribution in [3.8, 4) is 0 Å². The monoisotopic (exact) mass is 263 g/mol. The Morgan fingerprint density at radius 3 is 2.63 bits per heavy atom. The molecule has 2 N–H and O–H groups in total. The van der Waals surface area contributed by atoms with Gasteiger partial charge in [0, 0.05) is 37.6 Å². The normalized spacial score (nSPS) is 23.1. The number of carbonyl (C=O) groups is 1. The van der Waals surface area contributed by atoms with Gasteiger partial charge in [-0.2, -0.15) is 0 Å². The molecular weight excluding hydrogens is 242 g/mol. The van der Waals surface area contributed by atoms with Crippen molar-refractivity contribution < 1.29 is 4.79 Å². The summed E-state index contributed by atoms with van der Waals surface area (Å²) in [4.78, 5) is 28.5. The lowest BCUT2D eigenvalue weighted by molar-refractivity contribution is 0.0684. The van der Waals surface area contributed by atoms with Gasteiger partial charge >= 0.3 is 0 Å². The van der Waals surface area contributed by atoms with Crippen molar-refractivity contribution in [3.05, 3.63) is 34.2 Å². The van der Waals surface area contributed by atoms with Gasteiger partial charge < -0.3 is 15.2 Å². The lowest BCUT2D eigenvalue weighted by atomic mass is 9.90. The van der Waals surface area contributed by atoms with Gasteiger partial charge in [-0.05, 0) is 32.7 Å². The Morgan fingerprint density at radius 1 is 1.37 bits per heavy atom. The number of H-pyrrole nitrogens is 1. The molecule has 1 amide bonds. The Labute approximate surface area is 113 Å². The molecule has 5 nitrogen and oxygen atoms in total. The van der Waals surface area contributed by atoms with Crippen LogP contribution in [0.3, 0.4) is 0 Å². The topological polar surface area (TPSA) is 65.2 Å². The van der Waals surface area contributed by atoms with E-state index in [9.17, 15) is 9.59 Å². The van der Waals surface area contributed by atoms with Crippen LogP contribution in [0.4, 0.5) is 0 Å². The van der Waals surface area contributed by atoms with Crippen LogP contribution in [0, 0.1) is 0 Å². The van der Waals surface area contributed by atoms with Gasteiger partial charge in [0.05, 0.1) is 0 Å². The Bertz CT molecular complexity index is 489. The number of nitrogens with zero attached hydrogens (tertiary/aromatic N) is 1. The van der Waals surface area contributed by atoms with E-state index in [1.165, 1.54) is 18.5 Å². The molecule has 0 radical (unpaired) electrons. The third-order valence-corrected chi connectivity index (χ3v) is 4.03. The second kappa shape index (κ2) is 6.02. The molecule has 5 heteroatoms. The third-order valence-electron chi connectivity index (χ3n) is 4.03. The number of amides is 1. The molecule has 1 aromatic heterocycles. The van der Waals surface area contributed by atoms with Crippen molar-refractivity contribution in [3.63, 3.8) is 0 Å². The van der Waals surface area contributed by atoms with E-state index in [0.29, 0.717) is 6.04 Å². The van der Waals surface area contributed by atoms with Crippen molar-refractivity contribution in [2.75, 3.05) is 14.1 Å². The molecule has 2 rings (SSSR count). The average Bonchev–Trinajstić information content (AvgIpc) is 2.46. The van der Waals surface area contributed by atoms with Crippen molar-refractivity contribution >= 4 is 5.91 Å². The van der Waals surface area contributed by atoms with Crippen molar-refractivity contribution in [2.45, 2.75) is 37.8 Å². The molecule has 1 aliphatic rings. The van der Waals surface area contributed by atoms with Crippen LogP contribution >= 0.6 is 0 Å². The summed E-state index contributed by atoms with van der Waals surface area (Å²) in [7, 11) is 3.77. The fraction of sp³-hybridized carbons (Fsp3) is 0.571. The standard InChI is InChI=1S/C14H21N3O2/c1-15-10-3-5-11(6-4-10)17(2)14(19)12-9-16-8-7-13(12)18/h7-11,15H,3-6H2,1-2H3,(H,16,18). The van der Waals surface area contributed by atoms with E-state index in [1.807, 2.05) is 7.05 Å². The molecule has 1 fully saturated rings. The molecule has 0 aliphatic heterocycles. The second-order valence-electron chi connectivity index (χ2n) is 5.13. The van der Waals surface area contributed by atoms with Gasteiger partial charge in [-0.25, -0.2) is 0 Å². The summed E-state index contributed by atoms with van der Waals surface area (Å²) in [6.07, 6.45) is 7.14. The first kappa shape index (κ1) is 13.8. The highest BCUT2D eigenvalue weighted by molar-refractivity contribution is 5.93. The highest BCUT2D eigenvalue weighted by Crippen LogP contribution is 2.22. The maximum Gasteiger partial charge on any atom is 0.259 e. The van der Waals surface area contributed by atoms with E-state index in [4.69, 9.17) is 0 Å². The van der Waals surface area contributed by atoms with E-state index in [2.05, 4.69) is 10.3 Å². The van der Waals surface area contributed by atoms with Crippen LogP contribution in [0.25, 0.3) is 0 Å². The number of rotatable bonds is 3. The smallest absolute Gasteiger partial charge is 0.259 e. The molecule has 1 aliphatic carbocycles. The van der Waals surface area contributed by atoms with Gasteiger partial charge in [0.2, 0.25) is 0 Å². The molecular formula is C14H21N3O2. The van der Waals surface area contributed by atoms with Gasteiger partial charge in [-0.15, -0.1) is 0 Å². The number of nitrogens with one attached hydrogen (secondary N) is 2. The van der Waals surface area contributed by atoms with Crippen LogP contribution < -0.4 is 10.7 Å². The summed E-state index contributed by atoms with van der Waals surface area (Å²) in [5, 5.41) is 3.27. The van der Waals surface area contributed by atoms with Crippen LogP contribution in [-0.2, 0) is 0 Å². The first-order valence-corrected chi connectivity index (χ1v) is 6.75. The zero-order valence-corrected chi connectivity index (χ0v) is 11.5. The van der Waals surface area contributed by atoms with Gasteiger partial charge in [0.15, 0.2) is 5.43 Å². The molecule has 1 saturated carbocycles. The maximum atomic E-state index is 12.3. The number of aromatic nitrogens is 1. The van der Waals surface area contributed by atoms with Gasteiger partial charge in [-0.3, -0.25) is 9.59 Å². The fourth-order valence-corrected chi connectivity index (χ4v) is 2.69. The minimum absolute atomic E-state index is 0.185. The molecule has 0 atom stereocenters. The van der Waals surface area contributed by atoms with Crippen LogP contribution in [0.2, 0.25) is 0 Å². The highest BCUT2D eigenvalue weighted by Gasteiger charge is 2.27. The summed E-state index contributed by atoms with van der Waals surface area (Å²) < 4.78 is 0. The van der Waals surface area contributed by atoms with Gasteiger partial charge in [-0.1, -0.05) is 0 Å². The van der Waals surface area contributed by atoms with Crippen LogP contribution in [0.15, 0.2) is 23.3 Å². The molecule has 104 valence electrons. The van der Waals surface area contributed by atoms with Crippen molar-refractivity contribution in [2.24, 2.45) is 0 Å². The third kappa shape index (κ3) is 3.04. The molecule has 19 heavy (non-hydrogen) atoms. The van der Waals surface area contributed by atoms with Crippen LogP contribution in [0.5, 0.6) is 0 Å². The lowest BCUT2D eigenvalue weighted by Gasteiger charge is -2.34. The summed E-state index contributed by atoms with van der Waals surface area (Å²) in [5.74, 6) is -0.185. The number of hydrogen-bond donors (Lipinski definition) is 2. The van der Waals surface area contributed by atoms with E-state index < -0.39 is 0 Å². The summed E-state index contributed by atoms with van der Waals surface area (Å²) in [6.45, 7) is 0. The van der Waals surface area contributed by atoms with E-state index in [-0.39, 0.29) is 22.9 Å². The SMILES string of the molecule is CNC1CCC(N(C)C(=O)c2c[nH]ccc2=O)CC1. The largest absolute Gasteiger partial charge is 0.367 e. The zero-order valence-electron chi connectivity index (χ0n) is 11.5. The molecule has 1 aromatic rings. The number of hydrogen-bond acceptors (Lipinski definition) is 3. The van der Waals surface area contributed by atoms with E-state index >= 15 is 0 Å². The molecule has 0 aromatic carbocycles. The zero-order chi connectivity index (χ0) is 13.8. The fourth-order valence-electron chi connectivity index (χ4n) is 2.69. The summed E-state index contributed by atoms with van der Waals surface area (Å²) in [5.41, 5.74) is 0.000232. The Balaban J connectivity index is 2.04. The quantitative estimate of drug-likeness (QED) is 0.854. The second-order valence-corrected chi connectivity index (χ2v) is 5.13. The number of carbonyl (C=O) groups excluding carboxylic acids is 1. The molecule has 1 heterocycles. The molecule has 0 saturated heterocycles. The molecule has 0 bridgehead atoms. The Morgan fingerprint density at radius 2 is 2.05 bits per heavy atom. The minimum atomic E-state index is -0.223. The molecule has 0 spiro atoms. The first-order chi connectivity index (χ1) is 9.13. The lowest BCUT2D eigenvalue weighted by Crippen LogP contribution is -2.43. The van der Waals surface area contributed by atoms with E-state index in [0.717, 1.165) is 25.7 Å². The van der Waals surface area contributed by atoms with Crippen LogP contribution in [0.1, 0.15) is 36.0 Å². The highest BCUT2D eigenvalue weighted by atomic mass is 16.2. The summed E-state index contributed by atoms with van der Waals surface area (Å²) >= 11 is 0. The predicted octanol–water partition coefficient (Wildman–Crippen LogP) is 0.977. The summed E-state index contributed by atoms with van der Waals surface area (Å²) in [6, 6.07) is 2.18. The Kier molecular flexibility index (Phi) is 4.37. The van der Waals surface area contributed by atoms with Crippen molar-refractivity contribution in [1.82, 2.24) is 15.2 Å². The number of pyridine rings is 1. The van der Waals surface area contributed by atoms with Crippen molar-refractivity contribution in [1.29, 1.82) is 0 Å². The first-order valence-electron chi connectivity index (χ1n) is 6.75. The van der Waals surface area contributed by atoms with Crippen LogP contribution in [-0.4, -0.2) is 42.0 Å². The average molecular weight is 263 g/mol.